The summed E-state index contributed by atoms with van der Waals surface area (Å²) in [7, 11) is -4.89. The first kappa shape index (κ1) is 20.1. The molecule has 134 valence electrons. The van der Waals surface area contributed by atoms with Crippen molar-refractivity contribution in [2.24, 2.45) is 0 Å². The van der Waals surface area contributed by atoms with Gasteiger partial charge in [0.05, 0.1) is 14.1 Å². The maximum atomic E-state index is 14.4. The summed E-state index contributed by atoms with van der Waals surface area (Å²) in [6.45, 7) is 7.17. The molecule has 0 saturated heterocycles. The maximum Gasteiger partial charge on any atom is 0.230 e. The van der Waals surface area contributed by atoms with Crippen LogP contribution in [0.4, 0.5) is 4.39 Å². The third-order valence-corrected chi connectivity index (χ3v) is 7.74. The maximum absolute atomic E-state index is 14.4. The lowest BCUT2D eigenvalue weighted by Crippen LogP contribution is -2.22. The average Bonchev–Trinajstić information content (AvgIpc) is 2.79. The molecule has 0 aliphatic heterocycles. The van der Waals surface area contributed by atoms with Crippen LogP contribution in [0.2, 0.25) is 30.7 Å². The van der Waals surface area contributed by atoms with Crippen LogP contribution in [0.5, 0.6) is 0 Å². The van der Waals surface area contributed by atoms with Gasteiger partial charge in [0.2, 0.25) is 15.0 Å². The summed E-state index contributed by atoms with van der Waals surface area (Å²) in [6.07, 6.45) is 1.04. The number of hydrogen-bond acceptors (Lipinski definition) is 4. The smallest absolute Gasteiger partial charge is 0.230 e. The second kappa shape index (κ2) is 7.18. The van der Waals surface area contributed by atoms with Crippen LogP contribution in [0.3, 0.4) is 0 Å². The van der Waals surface area contributed by atoms with Crippen molar-refractivity contribution in [3.05, 3.63) is 20.5 Å². The van der Waals surface area contributed by atoms with Crippen molar-refractivity contribution in [2.75, 3.05) is 12.9 Å². The number of halogens is 3. The van der Waals surface area contributed by atoms with E-state index >= 15 is 0 Å². The average molecular weight is 505 g/mol. The van der Waals surface area contributed by atoms with Crippen LogP contribution in [0.15, 0.2) is 11.2 Å². The first-order valence-corrected chi connectivity index (χ1v) is 14.3. The van der Waals surface area contributed by atoms with Crippen LogP contribution in [-0.2, 0) is 21.3 Å². The van der Waals surface area contributed by atoms with Gasteiger partial charge in [-0.1, -0.05) is 31.2 Å². The monoisotopic (exact) mass is 504 g/mol. The van der Waals surface area contributed by atoms with E-state index in [1.807, 2.05) is 0 Å². The molecule has 0 amide bonds. The number of hydrogen-bond donors (Lipinski definition) is 0. The van der Waals surface area contributed by atoms with Gasteiger partial charge in [0.25, 0.3) is 0 Å². The number of nitrogens with zero attached hydrogens (tertiary/aromatic N) is 2. The van der Waals surface area contributed by atoms with Crippen LogP contribution in [0.25, 0.3) is 11.0 Å². The quantitative estimate of drug-likeness (QED) is 0.257. The number of benzene rings is 1. The Balaban J connectivity index is 2.46. The van der Waals surface area contributed by atoms with Crippen molar-refractivity contribution < 1.29 is 17.5 Å². The number of imidazole rings is 1. The first-order chi connectivity index (χ1) is 10.9. The largest absolute Gasteiger partial charge is 0.361 e. The highest BCUT2D eigenvalue weighted by atomic mass is 127. The number of sulfone groups is 1. The Labute approximate surface area is 160 Å². The molecule has 0 N–H and O–H groups in total. The predicted octanol–water partition coefficient (Wildman–Crippen LogP) is 4.15. The molecule has 0 spiro atoms. The van der Waals surface area contributed by atoms with Gasteiger partial charge in [-0.15, -0.1) is 0 Å². The second-order valence-corrected chi connectivity index (χ2v) is 15.8. The predicted molar refractivity (Wildman–Crippen MR) is 105 cm³/mol. The van der Waals surface area contributed by atoms with E-state index in [1.54, 1.807) is 22.6 Å². The van der Waals surface area contributed by atoms with Crippen molar-refractivity contribution in [3.8, 4) is 0 Å². The third kappa shape index (κ3) is 4.48. The van der Waals surface area contributed by atoms with Crippen LogP contribution in [-0.4, -0.2) is 38.9 Å². The van der Waals surface area contributed by atoms with Crippen LogP contribution in [0.1, 0.15) is 0 Å². The summed E-state index contributed by atoms with van der Waals surface area (Å²) in [6, 6.07) is 2.46. The molecule has 2 rings (SSSR count). The van der Waals surface area contributed by atoms with Crippen LogP contribution < -0.4 is 0 Å². The number of ether oxygens (including phenoxy) is 1. The molecule has 5 nitrogen and oxygen atoms in total. The standard InChI is InChI=1S/C14H19ClFIN2O3SSi/c1-23(20,21)14-18-13-10(7-9(15)12(17)11(13)16)19(14)8-22-5-6-24(2,3)4/h7H,5-6,8H2,1-4H3. The third-order valence-electron chi connectivity index (χ3n) is 3.39. The minimum Gasteiger partial charge on any atom is -0.361 e. The van der Waals surface area contributed by atoms with Crippen LogP contribution in [0, 0.1) is 9.39 Å². The summed E-state index contributed by atoms with van der Waals surface area (Å²) in [5.74, 6) is -0.621. The molecular formula is C14H19ClFIN2O3SSi. The Morgan fingerprint density at radius 1 is 1.42 bits per heavy atom. The van der Waals surface area contributed by atoms with E-state index in [0.717, 1.165) is 12.3 Å². The minimum atomic E-state index is -3.63. The molecule has 0 atom stereocenters. The van der Waals surface area contributed by atoms with E-state index in [9.17, 15) is 12.8 Å². The van der Waals surface area contributed by atoms with E-state index in [4.69, 9.17) is 16.3 Å². The molecule has 0 aliphatic carbocycles. The fraction of sp³-hybridized carbons (Fsp3) is 0.500. The van der Waals surface area contributed by atoms with Gasteiger partial charge in [-0.05, 0) is 34.7 Å². The molecule has 24 heavy (non-hydrogen) atoms. The molecule has 1 aromatic heterocycles. The molecular weight excluding hydrogens is 486 g/mol. The Bertz CT molecular complexity index is 880. The zero-order valence-corrected chi connectivity index (χ0v) is 18.6. The van der Waals surface area contributed by atoms with Gasteiger partial charge in [-0.3, -0.25) is 4.57 Å². The molecule has 0 saturated carbocycles. The highest BCUT2D eigenvalue weighted by Crippen LogP contribution is 2.30. The van der Waals surface area contributed by atoms with Gasteiger partial charge in [-0.2, -0.15) is 0 Å². The molecule has 0 unspecified atom stereocenters. The van der Waals surface area contributed by atoms with Gasteiger partial charge < -0.3 is 4.74 Å². The van der Waals surface area contributed by atoms with Gasteiger partial charge in [0, 0.05) is 20.9 Å². The number of aromatic nitrogens is 2. The Kier molecular flexibility index (Phi) is 6.01. The highest BCUT2D eigenvalue weighted by Gasteiger charge is 2.24. The van der Waals surface area contributed by atoms with Crippen molar-refractivity contribution in [1.29, 1.82) is 0 Å². The van der Waals surface area contributed by atoms with E-state index in [-0.39, 0.29) is 26.0 Å². The zero-order chi connectivity index (χ0) is 18.3. The fourth-order valence-corrected chi connectivity index (χ4v) is 4.25. The number of fused-ring (bicyclic) bond motifs is 1. The van der Waals surface area contributed by atoms with E-state index < -0.39 is 23.7 Å². The van der Waals surface area contributed by atoms with Crippen molar-refractivity contribution in [3.63, 3.8) is 0 Å². The molecule has 2 aromatic rings. The summed E-state index contributed by atoms with van der Waals surface area (Å²) in [4.78, 5) is 3.98. The van der Waals surface area contributed by atoms with E-state index in [2.05, 4.69) is 24.6 Å². The second-order valence-electron chi connectivity index (χ2n) is 6.80. The van der Waals surface area contributed by atoms with Gasteiger partial charge in [0.15, 0.2) is 5.82 Å². The van der Waals surface area contributed by atoms with Crippen molar-refractivity contribution >= 4 is 63.1 Å². The van der Waals surface area contributed by atoms with Gasteiger partial charge in [0.1, 0.15) is 12.2 Å². The fourth-order valence-electron chi connectivity index (χ4n) is 2.09. The topological polar surface area (TPSA) is 61.2 Å². The van der Waals surface area contributed by atoms with Gasteiger partial charge in [-0.25, -0.2) is 17.8 Å². The summed E-state index contributed by atoms with van der Waals surface area (Å²) < 4.78 is 45.6. The summed E-state index contributed by atoms with van der Waals surface area (Å²) >= 11 is 7.81. The number of rotatable bonds is 6. The summed E-state index contributed by atoms with van der Waals surface area (Å²) in [5, 5.41) is -0.00799. The lowest BCUT2D eigenvalue weighted by molar-refractivity contribution is 0.0838. The SMILES string of the molecule is C[Si](C)(C)CCOCn1c(S(C)(=O)=O)nc2c(F)c(I)c(Cl)cc21. The Hall–Kier alpha value is -0.233. The molecule has 0 radical (unpaired) electrons. The molecule has 1 heterocycles. The first-order valence-electron chi connectivity index (χ1n) is 7.23. The minimum absolute atomic E-state index is 0.0141. The molecule has 1 aromatic carbocycles. The molecule has 10 heteroatoms. The zero-order valence-electron chi connectivity index (χ0n) is 13.9. The Morgan fingerprint density at radius 2 is 2.04 bits per heavy atom. The summed E-state index contributed by atoms with van der Waals surface area (Å²) in [5.41, 5.74) is 0.296. The molecule has 0 fully saturated rings. The lowest BCUT2D eigenvalue weighted by Gasteiger charge is -2.16. The van der Waals surface area contributed by atoms with Gasteiger partial charge >= 0.3 is 0 Å². The van der Waals surface area contributed by atoms with Crippen molar-refractivity contribution in [1.82, 2.24) is 9.55 Å². The molecule has 0 aliphatic rings. The van der Waals surface area contributed by atoms with Crippen LogP contribution >= 0.6 is 34.2 Å². The lowest BCUT2D eigenvalue weighted by atomic mass is 10.3. The molecule has 0 bridgehead atoms. The van der Waals surface area contributed by atoms with E-state index in [1.165, 1.54) is 10.6 Å². The highest BCUT2D eigenvalue weighted by molar-refractivity contribution is 14.1. The van der Waals surface area contributed by atoms with Crippen molar-refractivity contribution in [2.45, 2.75) is 37.6 Å². The Morgan fingerprint density at radius 3 is 2.58 bits per heavy atom. The van der Waals surface area contributed by atoms with E-state index in [0.29, 0.717) is 12.1 Å². The normalized spacial score (nSPS) is 13.0.